The van der Waals surface area contributed by atoms with Crippen molar-refractivity contribution in [3.8, 4) is 0 Å². The van der Waals surface area contributed by atoms with E-state index < -0.39 is 0 Å². The van der Waals surface area contributed by atoms with Crippen molar-refractivity contribution < 1.29 is 9.47 Å². The first kappa shape index (κ1) is 14.9. The largest absolute Gasteiger partial charge is 0.379 e. The summed E-state index contributed by atoms with van der Waals surface area (Å²) >= 11 is 0. The first-order chi connectivity index (χ1) is 7.16. The Morgan fingerprint density at radius 2 is 1.93 bits per heavy atom. The van der Waals surface area contributed by atoms with Gasteiger partial charge in [-0.15, -0.1) is 0 Å². The van der Waals surface area contributed by atoms with Crippen molar-refractivity contribution in [3.63, 3.8) is 0 Å². The normalized spacial score (nSPS) is 13.4. The number of rotatable bonds is 10. The monoisotopic (exact) mass is 217 g/mol. The third-order valence-electron chi connectivity index (χ3n) is 2.01. The van der Waals surface area contributed by atoms with Gasteiger partial charge < -0.3 is 14.8 Å². The molecule has 0 saturated carbocycles. The molecule has 0 aromatic heterocycles. The van der Waals surface area contributed by atoms with Crippen LogP contribution in [0.5, 0.6) is 0 Å². The highest BCUT2D eigenvalue weighted by Gasteiger charge is 2.00. The lowest BCUT2D eigenvalue weighted by Crippen LogP contribution is -2.23. The summed E-state index contributed by atoms with van der Waals surface area (Å²) in [7, 11) is 0. The number of nitrogens with one attached hydrogen (secondary N) is 1. The van der Waals surface area contributed by atoms with E-state index in [0.29, 0.717) is 6.61 Å². The highest BCUT2D eigenvalue weighted by atomic mass is 16.5. The van der Waals surface area contributed by atoms with Crippen LogP contribution >= 0.6 is 0 Å². The molecule has 0 heterocycles. The van der Waals surface area contributed by atoms with Gasteiger partial charge in [0.1, 0.15) is 0 Å². The summed E-state index contributed by atoms with van der Waals surface area (Å²) in [6.45, 7) is 12.9. The topological polar surface area (TPSA) is 30.5 Å². The van der Waals surface area contributed by atoms with Crippen LogP contribution < -0.4 is 5.32 Å². The van der Waals surface area contributed by atoms with Crippen molar-refractivity contribution in [1.29, 1.82) is 0 Å². The van der Waals surface area contributed by atoms with Crippen LogP contribution in [0.15, 0.2) is 0 Å². The summed E-state index contributed by atoms with van der Waals surface area (Å²) in [5.74, 6) is 0.725. The Balaban J connectivity index is 3.09. The van der Waals surface area contributed by atoms with Gasteiger partial charge in [0.15, 0.2) is 0 Å². The number of ether oxygens (including phenoxy) is 2. The van der Waals surface area contributed by atoms with Gasteiger partial charge in [0, 0.05) is 13.2 Å². The van der Waals surface area contributed by atoms with Gasteiger partial charge in [-0.2, -0.15) is 0 Å². The maximum absolute atomic E-state index is 5.59. The molecule has 0 aliphatic carbocycles. The van der Waals surface area contributed by atoms with E-state index in [1.165, 1.54) is 0 Å². The van der Waals surface area contributed by atoms with E-state index in [1.807, 2.05) is 6.92 Å². The fourth-order valence-corrected chi connectivity index (χ4v) is 1.20. The fraction of sp³-hybridized carbons (Fsp3) is 1.00. The Morgan fingerprint density at radius 3 is 2.53 bits per heavy atom. The summed E-state index contributed by atoms with van der Waals surface area (Å²) < 4.78 is 10.9. The maximum atomic E-state index is 5.59. The molecule has 3 nitrogen and oxygen atoms in total. The fourth-order valence-electron chi connectivity index (χ4n) is 1.20. The second-order valence-electron chi connectivity index (χ2n) is 4.29. The summed E-state index contributed by atoms with van der Waals surface area (Å²) in [6, 6.07) is 0. The molecule has 3 heteroatoms. The maximum Gasteiger partial charge on any atom is 0.0780 e. The first-order valence-electron chi connectivity index (χ1n) is 6.06. The SMILES string of the molecule is CCOCC(C)OCCCNCC(C)C. The summed E-state index contributed by atoms with van der Waals surface area (Å²) in [5.41, 5.74) is 0. The van der Waals surface area contributed by atoms with Crippen LogP contribution in [0.25, 0.3) is 0 Å². The van der Waals surface area contributed by atoms with Crippen molar-refractivity contribution in [2.75, 3.05) is 32.9 Å². The zero-order valence-corrected chi connectivity index (χ0v) is 10.7. The van der Waals surface area contributed by atoms with Gasteiger partial charge >= 0.3 is 0 Å². The van der Waals surface area contributed by atoms with Gasteiger partial charge in [-0.25, -0.2) is 0 Å². The lowest BCUT2D eigenvalue weighted by atomic mass is 10.2. The molecule has 1 unspecified atom stereocenters. The zero-order valence-electron chi connectivity index (χ0n) is 10.7. The van der Waals surface area contributed by atoms with Crippen molar-refractivity contribution in [3.05, 3.63) is 0 Å². The lowest BCUT2D eigenvalue weighted by Gasteiger charge is -2.13. The van der Waals surface area contributed by atoms with Crippen LogP contribution in [0.2, 0.25) is 0 Å². The molecule has 0 fully saturated rings. The van der Waals surface area contributed by atoms with Crippen LogP contribution in [-0.4, -0.2) is 39.0 Å². The summed E-state index contributed by atoms with van der Waals surface area (Å²) in [4.78, 5) is 0. The Kier molecular flexibility index (Phi) is 10.3. The molecule has 0 aliphatic heterocycles. The van der Waals surface area contributed by atoms with Crippen molar-refractivity contribution in [2.24, 2.45) is 5.92 Å². The average Bonchev–Trinajstić information content (AvgIpc) is 2.19. The van der Waals surface area contributed by atoms with Gasteiger partial charge in [0.2, 0.25) is 0 Å². The van der Waals surface area contributed by atoms with E-state index in [1.54, 1.807) is 0 Å². The molecule has 0 aromatic carbocycles. The van der Waals surface area contributed by atoms with E-state index in [4.69, 9.17) is 9.47 Å². The molecule has 15 heavy (non-hydrogen) atoms. The predicted octanol–water partition coefficient (Wildman–Crippen LogP) is 2.06. The third-order valence-corrected chi connectivity index (χ3v) is 2.01. The molecule has 0 aliphatic rings. The van der Waals surface area contributed by atoms with Crippen molar-refractivity contribution in [1.82, 2.24) is 5.32 Å². The van der Waals surface area contributed by atoms with Crippen LogP contribution in [0, 0.1) is 5.92 Å². The highest BCUT2D eigenvalue weighted by Crippen LogP contribution is 1.94. The molecular formula is C12H27NO2. The van der Waals surface area contributed by atoms with Crippen LogP contribution in [0.1, 0.15) is 34.1 Å². The van der Waals surface area contributed by atoms with Gasteiger partial charge in [-0.3, -0.25) is 0 Å². The van der Waals surface area contributed by atoms with E-state index in [2.05, 4.69) is 26.1 Å². The van der Waals surface area contributed by atoms with Crippen molar-refractivity contribution in [2.45, 2.75) is 40.2 Å². The molecule has 0 spiro atoms. The molecule has 0 bridgehead atoms. The second kappa shape index (κ2) is 10.4. The Hall–Kier alpha value is -0.120. The van der Waals surface area contributed by atoms with Gasteiger partial charge in [0.05, 0.1) is 12.7 Å². The molecule has 0 amide bonds. The highest BCUT2D eigenvalue weighted by molar-refractivity contribution is 4.52. The predicted molar refractivity (Wildman–Crippen MR) is 64.2 cm³/mol. The molecule has 1 N–H and O–H groups in total. The average molecular weight is 217 g/mol. The third kappa shape index (κ3) is 11.8. The number of hydrogen-bond donors (Lipinski definition) is 1. The summed E-state index contributed by atoms with van der Waals surface area (Å²) in [5, 5.41) is 3.39. The minimum absolute atomic E-state index is 0.218. The molecule has 1 atom stereocenters. The molecule has 0 aromatic rings. The minimum atomic E-state index is 0.218. The van der Waals surface area contributed by atoms with Crippen LogP contribution in [-0.2, 0) is 9.47 Å². The Bertz CT molecular complexity index is 129. The Labute approximate surface area is 94.5 Å². The van der Waals surface area contributed by atoms with Gasteiger partial charge in [-0.1, -0.05) is 13.8 Å². The van der Waals surface area contributed by atoms with Crippen LogP contribution in [0.3, 0.4) is 0 Å². The quantitative estimate of drug-likeness (QED) is 0.568. The minimum Gasteiger partial charge on any atom is -0.379 e. The summed E-state index contributed by atoms with van der Waals surface area (Å²) in [6.07, 6.45) is 1.29. The number of hydrogen-bond acceptors (Lipinski definition) is 3. The molecule has 92 valence electrons. The molecule has 0 saturated heterocycles. The van der Waals surface area contributed by atoms with Crippen LogP contribution in [0.4, 0.5) is 0 Å². The van der Waals surface area contributed by atoms with E-state index in [-0.39, 0.29) is 6.10 Å². The second-order valence-corrected chi connectivity index (χ2v) is 4.29. The lowest BCUT2D eigenvalue weighted by molar-refractivity contribution is -0.00394. The molecule has 0 rings (SSSR count). The molecule has 0 radical (unpaired) electrons. The standard InChI is InChI=1S/C12H27NO2/c1-5-14-10-12(4)15-8-6-7-13-9-11(2)3/h11-13H,5-10H2,1-4H3. The zero-order chi connectivity index (χ0) is 11.5. The van der Waals surface area contributed by atoms with E-state index in [0.717, 1.165) is 38.6 Å². The van der Waals surface area contributed by atoms with Gasteiger partial charge in [0.25, 0.3) is 0 Å². The van der Waals surface area contributed by atoms with Crippen molar-refractivity contribution >= 4 is 0 Å². The van der Waals surface area contributed by atoms with Gasteiger partial charge in [-0.05, 0) is 39.3 Å². The van der Waals surface area contributed by atoms with E-state index in [9.17, 15) is 0 Å². The first-order valence-corrected chi connectivity index (χ1v) is 6.06. The van der Waals surface area contributed by atoms with E-state index >= 15 is 0 Å². The smallest absolute Gasteiger partial charge is 0.0780 e. The Morgan fingerprint density at radius 1 is 1.20 bits per heavy atom. The molecular weight excluding hydrogens is 190 g/mol.